The molecule has 2 aromatic rings. The normalized spacial score (nSPS) is 16.6. The number of methoxy groups -OCH3 is 1. The van der Waals surface area contributed by atoms with E-state index >= 15 is 0 Å². The monoisotopic (exact) mass is 347 g/mol. The van der Waals surface area contributed by atoms with Crippen LogP contribution in [0.5, 0.6) is 5.75 Å². The fourth-order valence-corrected chi connectivity index (χ4v) is 3.23. The number of aromatic nitrogens is 1. The molecule has 1 aromatic heterocycles. The molecule has 0 aliphatic carbocycles. The Hall–Kier alpha value is -2.05. The van der Waals surface area contributed by atoms with Gasteiger partial charge < -0.3 is 4.74 Å². The van der Waals surface area contributed by atoms with Gasteiger partial charge in [-0.15, -0.1) is 0 Å². The second-order valence-corrected chi connectivity index (χ2v) is 6.31. The van der Waals surface area contributed by atoms with Crippen LogP contribution in [0.3, 0.4) is 0 Å². The van der Waals surface area contributed by atoms with Crippen LogP contribution >= 0.6 is 0 Å². The van der Waals surface area contributed by atoms with Crippen molar-refractivity contribution in [3.05, 3.63) is 59.4 Å². The molecule has 0 radical (unpaired) electrons. The summed E-state index contributed by atoms with van der Waals surface area (Å²) in [6.45, 7) is 4.73. The van der Waals surface area contributed by atoms with Crippen molar-refractivity contribution in [1.29, 1.82) is 0 Å². The molecule has 134 valence electrons. The van der Waals surface area contributed by atoms with Crippen molar-refractivity contribution in [2.24, 2.45) is 0 Å². The molecule has 4 nitrogen and oxygen atoms in total. The van der Waals surface area contributed by atoms with Crippen molar-refractivity contribution < 1.29 is 13.5 Å². The lowest BCUT2D eigenvalue weighted by Crippen LogP contribution is -2.30. The summed E-state index contributed by atoms with van der Waals surface area (Å²) in [5.74, 6) is -1.24. The first-order valence-corrected chi connectivity index (χ1v) is 8.52. The Kier molecular flexibility index (Phi) is 5.94. The molecule has 2 heterocycles. The van der Waals surface area contributed by atoms with Gasteiger partial charge in [-0.2, -0.15) is 0 Å². The minimum absolute atomic E-state index is 0.295. The van der Waals surface area contributed by atoms with Crippen molar-refractivity contribution in [2.45, 2.75) is 19.5 Å². The Labute approximate surface area is 147 Å². The summed E-state index contributed by atoms with van der Waals surface area (Å²) < 4.78 is 32.9. The first-order chi connectivity index (χ1) is 12.2. The highest BCUT2D eigenvalue weighted by molar-refractivity contribution is 5.35. The Morgan fingerprint density at radius 3 is 2.48 bits per heavy atom. The first kappa shape index (κ1) is 17.8. The molecule has 1 aliphatic rings. The van der Waals surface area contributed by atoms with Gasteiger partial charge in [-0.1, -0.05) is 6.07 Å². The topological polar surface area (TPSA) is 28.6 Å². The maximum absolute atomic E-state index is 14.2. The molecule has 0 spiro atoms. The van der Waals surface area contributed by atoms with E-state index in [1.165, 1.54) is 18.7 Å². The molecule has 6 heteroatoms. The van der Waals surface area contributed by atoms with Crippen LogP contribution in [-0.2, 0) is 13.1 Å². The van der Waals surface area contributed by atoms with Gasteiger partial charge in [0.05, 0.1) is 7.11 Å². The summed E-state index contributed by atoms with van der Waals surface area (Å²) in [4.78, 5) is 8.68. The first-order valence-electron chi connectivity index (χ1n) is 8.52. The van der Waals surface area contributed by atoms with Crippen LogP contribution in [0.1, 0.15) is 17.5 Å². The number of ether oxygens (including phenoxy) is 1. The van der Waals surface area contributed by atoms with Crippen molar-refractivity contribution >= 4 is 0 Å². The van der Waals surface area contributed by atoms with Gasteiger partial charge in [0.1, 0.15) is 5.75 Å². The molecular formula is C19H23F2N3O. The highest BCUT2D eigenvalue weighted by Crippen LogP contribution is 2.25. The van der Waals surface area contributed by atoms with E-state index in [4.69, 9.17) is 4.74 Å². The molecule has 25 heavy (non-hydrogen) atoms. The molecule has 0 saturated carbocycles. The molecular weight excluding hydrogens is 324 g/mol. The second-order valence-electron chi connectivity index (χ2n) is 6.31. The molecule has 0 bridgehead atoms. The molecule has 0 atom stereocenters. The van der Waals surface area contributed by atoms with E-state index in [-0.39, 0.29) is 0 Å². The van der Waals surface area contributed by atoms with Crippen molar-refractivity contribution in [3.63, 3.8) is 0 Å². The quantitative estimate of drug-likeness (QED) is 0.831. The molecule has 3 rings (SSSR count). The van der Waals surface area contributed by atoms with Crippen LogP contribution in [0.4, 0.5) is 8.78 Å². The molecule has 0 N–H and O–H groups in total. The fraction of sp³-hybridized carbons (Fsp3) is 0.421. The summed E-state index contributed by atoms with van der Waals surface area (Å²) in [7, 11) is 1.48. The number of hydrogen-bond acceptors (Lipinski definition) is 4. The Balaban J connectivity index is 1.63. The van der Waals surface area contributed by atoms with E-state index in [0.717, 1.165) is 45.2 Å². The molecule has 0 unspecified atom stereocenters. The van der Waals surface area contributed by atoms with E-state index in [2.05, 4.69) is 20.9 Å². The van der Waals surface area contributed by atoms with Gasteiger partial charge in [-0.3, -0.25) is 14.8 Å². The Morgan fingerprint density at radius 1 is 1.04 bits per heavy atom. The van der Waals surface area contributed by atoms with Crippen molar-refractivity contribution in [2.75, 3.05) is 33.3 Å². The molecule has 1 fully saturated rings. The lowest BCUT2D eigenvalue weighted by Gasteiger charge is -2.23. The Bertz CT molecular complexity index is 697. The molecule has 1 aromatic carbocycles. The van der Waals surface area contributed by atoms with Gasteiger partial charge in [0, 0.05) is 44.1 Å². The van der Waals surface area contributed by atoms with Crippen molar-refractivity contribution in [3.8, 4) is 5.75 Å². The lowest BCUT2D eigenvalue weighted by atomic mass is 10.1. The third-order valence-electron chi connectivity index (χ3n) is 4.56. The summed E-state index contributed by atoms with van der Waals surface area (Å²) in [5, 5.41) is 0. The zero-order chi connectivity index (χ0) is 17.6. The molecule has 1 aliphatic heterocycles. The second kappa shape index (κ2) is 8.36. The number of halogens is 2. The van der Waals surface area contributed by atoms with Crippen LogP contribution < -0.4 is 4.74 Å². The highest BCUT2D eigenvalue weighted by Gasteiger charge is 2.20. The third-order valence-corrected chi connectivity index (χ3v) is 4.56. The Morgan fingerprint density at radius 2 is 1.80 bits per heavy atom. The van der Waals surface area contributed by atoms with Gasteiger partial charge in [0.15, 0.2) is 11.6 Å². The average Bonchev–Trinajstić information content (AvgIpc) is 2.85. The standard InChI is InChI=1S/C19H23F2N3O/c1-25-18-6-5-17(20)19(21)16(18)14-24-9-3-8-23(10-11-24)13-15-4-2-7-22-12-15/h2,4-7,12H,3,8-11,13-14H2,1H3. The smallest absolute Gasteiger partial charge is 0.167 e. The number of pyridine rings is 1. The van der Waals surface area contributed by atoms with Crippen LogP contribution in [-0.4, -0.2) is 48.1 Å². The summed E-state index contributed by atoms with van der Waals surface area (Å²) in [6.07, 6.45) is 4.64. The fourth-order valence-electron chi connectivity index (χ4n) is 3.23. The van der Waals surface area contributed by atoms with Crippen LogP contribution in [0.15, 0.2) is 36.7 Å². The maximum atomic E-state index is 14.2. The van der Waals surface area contributed by atoms with E-state index in [1.54, 1.807) is 6.20 Å². The minimum Gasteiger partial charge on any atom is -0.496 e. The van der Waals surface area contributed by atoms with Gasteiger partial charge in [-0.05, 0) is 43.3 Å². The predicted molar refractivity (Wildman–Crippen MR) is 92.3 cm³/mol. The average molecular weight is 347 g/mol. The number of rotatable bonds is 5. The largest absolute Gasteiger partial charge is 0.496 e. The lowest BCUT2D eigenvalue weighted by molar-refractivity contribution is 0.241. The van der Waals surface area contributed by atoms with Crippen molar-refractivity contribution in [1.82, 2.24) is 14.8 Å². The minimum atomic E-state index is -0.830. The van der Waals surface area contributed by atoms with Gasteiger partial charge in [0.25, 0.3) is 0 Å². The summed E-state index contributed by atoms with van der Waals surface area (Å²) in [5.41, 5.74) is 1.48. The predicted octanol–water partition coefficient (Wildman–Crippen LogP) is 3.08. The molecule has 1 saturated heterocycles. The zero-order valence-electron chi connectivity index (χ0n) is 14.4. The number of nitrogens with zero attached hydrogens (tertiary/aromatic N) is 3. The SMILES string of the molecule is COc1ccc(F)c(F)c1CN1CCCN(Cc2cccnc2)CC1. The van der Waals surface area contributed by atoms with E-state index in [0.29, 0.717) is 17.9 Å². The van der Waals surface area contributed by atoms with Crippen LogP contribution in [0.2, 0.25) is 0 Å². The maximum Gasteiger partial charge on any atom is 0.167 e. The molecule has 0 amide bonds. The number of benzene rings is 1. The summed E-state index contributed by atoms with van der Waals surface area (Å²) in [6, 6.07) is 6.61. The number of hydrogen-bond donors (Lipinski definition) is 0. The third kappa shape index (κ3) is 4.52. The van der Waals surface area contributed by atoms with E-state index in [1.807, 2.05) is 12.3 Å². The zero-order valence-corrected chi connectivity index (χ0v) is 14.4. The van der Waals surface area contributed by atoms with E-state index in [9.17, 15) is 8.78 Å². The summed E-state index contributed by atoms with van der Waals surface area (Å²) >= 11 is 0. The van der Waals surface area contributed by atoms with Crippen LogP contribution in [0, 0.1) is 11.6 Å². The van der Waals surface area contributed by atoms with Gasteiger partial charge in [0.2, 0.25) is 0 Å². The highest BCUT2D eigenvalue weighted by atomic mass is 19.2. The van der Waals surface area contributed by atoms with Crippen LogP contribution in [0.25, 0.3) is 0 Å². The van der Waals surface area contributed by atoms with E-state index < -0.39 is 11.6 Å². The van der Waals surface area contributed by atoms with Gasteiger partial charge >= 0.3 is 0 Å². The van der Waals surface area contributed by atoms with Gasteiger partial charge in [-0.25, -0.2) is 8.78 Å².